The molecule has 0 atom stereocenters. The fourth-order valence-electron chi connectivity index (χ4n) is 5.15. The van der Waals surface area contributed by atoms with Crippen LogP contribution in [0.4, 0.5) is 8.78 Å². The molecule has 0 spiro atoms. The molecule has 2 aromatic carbocycles. The summed E-state index contributed by atoms with van der Waals surface area (Å²) in [6.07, 6.45) is 6.42. The van der Waals surface area contributed by atoms with Crippen molar-refractivity contribution in [1.82, 2.24) is 9.96 Å². The Morgan fingerprint density at radius 1 is 0.857 bits per heavy atom. The summed E-state index contributed by atoms with van der Waals surface area (Å²) in [5.74, 6) is -0.712. The maximum Gasteiger partial charge on any atom is 0.187 e. The Hall–Kier alpha value is -2.93. The Kier molecular flexibility index (Phi) is 6.91. The minimum absolute atomic E-state index is 0.0604. The number of hydrogen-bond acceptors (Lipinski definition) is 4. The van der Waals surface area contributed by atoms with Crippen LogP contribution < -0.4 is 0 Å². The molecular weight excluding hydrogens is 446 g/mol. The van der Waals surface area contributed by atoms with Crippen molar-refractivity contribution in [3.8, 4) is 0 Å². The van der Waals surface area contributed by atoms with E-state index in [-0.39, 0.29) is 17.4 Å². The van der Waals surface area contributed by atoms with Gasteiger partial charge < -0.3 is 5.21 Å². The topological polar surface area (TPSA) is 43.8 Å². The Morgan fingerprint density at radius 3 is 1.74 bits per heavy atom. The fraction of sp³-hybridized carbons (Fsp3) is 0.345. The molecule has 6 heteroatoms. The van der Waals surface area contributed by atoms with E-state index in [1.54, 1.807) is 24.3 Å². The second-order valence-electron chi connectivity index (χ2n) is 10.7. The lowest BCUT2D eigenvalue weighted by molar-refractivity contribution is -0.214. The zero-order chi connectivity index (χ0) is 25.4. The monoisotopic (exact) mass is 478 g/mol. The number of ketones is 1. The molecule has 2 aliphatic rings. The largest absolute Gasteiger partial charge is 0.313 e. The first-order chi connectivity index (χ1) is 16.4. The van der Waals surface area contributed by atoms with Crippen molar-refractivity contribution in [2.75, 3.05) is 19.6 Å². The fourth-order valence-corrected chi connectivity index (χ4v) is 5.15. The zero-order valence-corrected chi connectivity index (χ0v) is 20.7. The molecule has 0 aromatic heterocycles. The quantitative estimate of drug-likeness (QED) is 0.439. The van der Waals surface area contributed by atoms with E-state index in [2.05, 4.69) is 11.0 Å². The number of rotatable bonds is 4. The highest BCUT2D eigenvalue weighted by atomic mass is 19.1. The van der Waals surface area contributed by atoms with Crippen molar-refractivity contribution >= 4 is 17.9 Å². The first kappa shape index (κ1) is 25.2. The number of likely N-dealkylation sites (tertiary alicyclic amines) is 1. The van der Waals surface area contributed by atoms with E-state index in [0.29, 0.717) is 37.2 Å². The van der Waals surface area contributed by atoms with Gasteiger partial charge in [0, 0.05) is 36.3 Å². The van der Waals surface area contributed by atoms with Gasteiger partial charge in [-0.05, 0) is 81.7 Å². The average Bonchev–Trinajstić information content (AvgIpc) is 2.78. The molecule has 0 amide bonds. The first-order valence-corrected chi connectivity index (χ1v) is 11.8. The van der Waals surface area contributed by atoms with E-state index in [1.165, 1.54) is 34.9 Å². The van der Waals surface area contributed by atoms with Crippen molar-refractivity contribution in [2.24, 2.45) is 0 Å². The second-order valence-corrected chi connectivity index (χ2v) is 10.7. The summed E-state index contributed by atoms with van der Waals surface area (Å²) in [6, 6.07) is 12.1. The van der Waals surface area contributed by atoms with E-state index in [4.69, 9.17) is 0 Å². The molecule has 1 saturated heterocycles. The number of Topliss-reactive ketones (excluding diaryl/α,β-unsaturated/α-hetero) is 1. The molecule has 0 aliphatic carbocycles. The molecule has 1 fully saturated rings. The van der Waals surface area contributed by atoms with Gasteiger partial charge in [-0.2, -0.15) is 5.06 Å². The highest BCUT2D eigenvalue weighted by Gasteiger charge is 2.41. The number of hydroxylamine groups is 2. The van der Waals surface area contributed by atoms with Crippen LogP contribution in [0.2, 0.25) is 0 Å². The third-order valence-electron chi connectivity index (χ3n) is 6.56. The van der Waals surface area contributed by atoms with Gasteiger partial charge in [-0.15, -0.1) is 0 Å². The summed E-state index contributed by atoms with van der Waals surface area (Å²) in [5.41, 5.74) is 3.02. The smallest absolute Gasteiger partial charge is 0.187 e. The predicted octanol–water partition coefficient (Wildman–Crippen LogP) is 5.90. The minimum Gasteiger partial charge on any atom is -0.313 e. The molecule has 2 heterocycles. The molecule has 0 bridgehead atoms. The molecule has 1 N–H and O–H groups in total. The van der Waals surface area contributed by atoms with Crippen LogP contribution in [0, 0.1) is 11.6 Å². The summed E-state index contributed by atoms with van der Waals surface area (Å²) in [7, 11) is 0. The van der Waals surface area contributed by atoms with Crippen molar-refractivity contribution in [2.45, 2.75) is 45.2 Å². The zero-order valence-electron chi connectivity index (χ0n) is 20.7. The first-order valence-electron chi connectivity index (χ1n) is 11.8. The molecule has 2 aliphatic heterocycles. The van der Waals surface area contributed by atoms with Crippen molar-refractivity contribution in [3.63, 3.8) is 0 Å². The van der Waals surface area contributed by atoms with Gasteiger partial charge in [0.25, 0.3) is 0 Å². The van der Waals surface area contributed by atoms with Crippen LogP contribution in [0.15, 0.2) is 71.3 Å². The molecule has 4 nitrogen and oxygen atoms in total. The van der Waals surface area contributed by atoms with Crippen LogP contribution in [-0.4, -0.2) is 51.7 Å². The van der Waals surface area contributed by atoms with Crippen LogP contribution in [0.25, 0.3) is 12.2 Å². The van der Waals surface area contributed by atoms with Gasteiger partial charge in [-0.3, -0.25) is 9.69 Å². The number of hydrogen-bond donors (Lipinski definition) is 1. The average molecular weight is 479 g/mol. The minimum atomic E-state index is -0.512. The van der Waals surface area contributed by atoms with Gasteiger partial charge in [0.1, 0.15) is 11.6 Å². The van der Waals surface area contributed by atoms with E-state index in [1.807, 2.05) is 39.8 Å². The highest BCUT2D eigenvalue weighted by molar-refractivity contribution is 6.14. The highest BCUT2D eigenvalue weighted by Crippen LogP contribution is 2.36. The van der Waals surface area contributed by atoms with Gasteiger partial charge in [-0.25, -0.2) is 8.78 Å². The maximum atomic E-state index is 13.4. The van der Waals surface area contributed by atoms with E-state index in [0.717, 1.165) is 11.1 Å². The predicted molar refractivity (Wildman–Crippen MR) is 135 cm³/mol. The second kappa shape index (κ2) is 9.61. The van der Waals surface area contributed by atoms with Crippen molar-refractivity contribution in [1.29, 1.82) is 0 Å². The van der Waals surface area contributed by atoms with Gasteiger partial charge in [0.05, 0.1) is 5.54 Å². The number of carbonyl (C=O) groups excluding carboxylic acids is 1. The normalized spacial score (nSPS) is 23.1. The van der Waals surface area contributed by atoms with E-state index in [9.17, 15) is 18.8 Å². The van der Waals surface area contributed by atoms with Crippen LogP contribution in [-0.2, 0) is 4.79 Å². The summed E-state index contributed by atoms with van der Waals surface area (Å²) in [6.45, 7) is 9.55. The summed E-state index contributed by atoms with van der Waals surface area (Å²) in [5, 5.41) is 12.0. The Morgan fingerprint density at radius 2 is 1.31 bits per heavy atom. The number of carbonyl (C=O) groups is 1. The van der Waals surface area contributed by atoms with Crippen LogP contribution in [0.1, 0.15) is 45.2 Å². The van der Waals surface area contributed by atoms with Gasteiger partial charge >= 0.3 is 0 Å². The van der Waals surface area contributed by atoms with Crippen LogP contribution >= 0.6 is 0 Å². The van der Waals surface area contributed by atoms with Crippen molar-refractivity contribution in [3.05, 3.63) is 94.1 Å². The van der Waals surface area contributed by atoms with Gasteiger partial charge in [0.2, 0.25) is 0 Å². The molecule has 0 unspecified atom stereocenters. The van der Waals surface area contributed by atoms with Crippen LogP contribution in [0.3, 0.4) is 0 Å². The summed E-state index contributed by atoms with van der Waals surface area (Å²) < 4.78 is 26.8. The molecule has 4 rings (SSSR count). The number of benzene rings is 2. The van der Waals surface area contributed by atoms with Gasteiger partial charge in [-0.1, -0.05) is 35.9 Å². The SMILES string of the molecule is CC1(C)C=C(CN2C/C(=C\c3ccc(F)cc3)C(=O)/C(=C/c3ccc(F)cc3)C2)CC(C)(C)N1O. The Labute approximate surface area is 205 Å². The Bertz CT molecular complexity index is 1120. The summed E-state index contributed by atoms with van der Waals surface area (Å²) in [4.78, 5) is 15.6. The Balaban J connectivity index is 1.67. The molecule has 2 aromatic rings. The van der Waals surface area contributed by atoms with Gasteiger partial charge in [0.15, 0.2) is 5.78 Å². The molecule has 35 heavy (non-hydrogen) atoms. The molecule has 0 radical (unpaired) electrons. The summed E-state index contributed by atoms with van der Waals surface area (Å²) >= 11 is 0. The van der Waals surface area contributed by atoms with E-state index >= 15 is 0 Å². The number of piperidine rings is 1. The molecular formula is C29H32F2N2O2. The lowest BCUT2D eigenvalue weighted by Crippen LogP contribution is -2.56. The molecule has 184 valence electrons. The number of nitrogens with zero attached hydrogens (tertiary/aromatic N) is 2. The maximum absolute atomic E-state index is 13.4. The number of halogens is 2. The molecule has 0 saturated carbocycles. The third kappa shape index (κ3) is 5.84. The standard InChI is InChI=1S/C29H32F2N2O2/c1-28(2)15-22(16-29(3,4)33(28)35)17-32-18-23(13-20-5-9-25(30)10-6-20)27(34)24(19-32)14-21-7-11-26(31)12-8-21/h5-15,35H,16-19H2,1-4H3/b23-13+,24-14+. The lowest BCUT2D eigenvalue weighted by Gasteiger charge is -2.48. The van der Waals surface area contributed by atoms with Crippen LogP contribution in [0.5, 0.6) is 0 Å². The van der Waals surface area contributed by atoms with E-state index < -0.39 is 11.1 Å². The van der Waals surface area contributed by atoms with Crippen molar-refractivity contribution < 1.29 is 18.8 Å². The lowest BCUT2D eigenvalue weighted by atomic mass is 9.82. The third-order valence-corrected chi connectivity index (χ3v) is 6.56.